The van der Waals surface area contributed by atoms with E-state index in [-0.39, 0.29) is 38.4 Å². The van der Waals surface area contributed by atoms with Crippen molar-refractivity contribution in [1.29, 1.82) is 0 Å². The maximum atomic E-state index is 8.74. The quantitative estimate of drug-likeness (QED) is 0.315. The van der Waals surface area contributed by atoms with Crippen molar-refractivity contribution in [2.45, 2.75) is 0 Å². The van der Waals surface area contributed by atoms with Crippen molar-refractivity contribution in [3.8, 4) is 0 Å². The maximum absolute atomic E-state index is 8.74. The van der Waals surface area contributed by atoms with E-state index in [4.69, 9.17) is 17.5 Å². The van der Waals surface area contributed by atoms with E-state index in [0.29, 0.717) is 0 Å². The third-order valence-electron chi connectivity index (χ3n) is 0. The van der Waals surface area contributed by atoms with E-state index in [1.54, 1.807) is 0 Å². The molecule has 0 rings (SSSR count). The summed E-state index contributed by atoms with van der Waals surface area (Å²) in [5, 5.41) is 0. The van der Waals surface area contributed by atoms with E-state index in [1.807, 2.05) is 0 Å². The molecule has 8 nitrogen and oxygen atoms in total. The van der Waals surface area contributed by atoms with Crippen LogP contribution in [0.5, 0.6) is 0 Å². The molecule has 0 saturated heterocycles. The van der Waals surface area contributed by atoms with Crippen molar-refractivity contribution in [1.82, 2.24) is 0 Å². The van der Waals surface area contributed by atoms with Crippen molar-refractivity contribution in [2.24, 2.45) is 0 Å². The van der Waals surface area contributed by atoms with Crippen LogP contribution in [0.2, 0.25) is 0 Å². The molecule has 0 amide bonds. The van der Waals surface area contributed by atoms with Crippen molar-refractivity contribution >= 4 is 10.4 Å². The molecule has 0 spiro atoms. The van der Waals surface area contributed by atoms with Crippen LogP contribution in [-0.4, -0.2) is 39.4 Å². The number of hydrogen-bond donors (Lipinski definition) is 2. The molecule has 0 heterocycles. The van der Waals surface area contributed by atoms with E-state index >= 15 is 0 Å². The van der Waals surface area contributed by atoms with E-state index in [1.165, 1.54) is 0 Å². The van der Waals surface area contributed by atoms with Crippen molar-refractivity contribution in [3.63, 3.8) is 0 Å². The second-order valence-corrected chi connectivity index (χ2v) is 1.34. The smallest absolute Gasteiger partial charge is 0.394 e. The van der Waals surface area contributed by atoms with Crippen LogP contribution < -0.4 is 0 Å². The third kappa shape index (κ3) is 10300. The van der Waals surface area contributed by atoms with Gasteiger partial charge in [0.15, 0.2) is 0 Å². The van der Waals surface area contributed by atoms with Gasteiger partial charge in [-0.3, -0.25) is 9.11 Å². The molecule has 0 aliphatic heterocycles. The number of rotatable bonds is 0. The van der Waals surface area contributed by atoms with Gasteiger partial charge >= 0.3 is 10.4 Å². The molecule has 0 atom stereocenters. The minimum atomic E-state index is -4.67. The average Bonchev–Trinajstić information content (AvgIpc) is 0.722. The first kappa shape index (κ1) is 48.9. The number of hydrogen-bond acceptors (Lipinski definition) is 2. The molecule has 0 aromatic heterocycles. The van der Waals surface area contributed by atoms with Gasteiger partial charge < -0.3 is 21.9 Å². The normalized spacial score (nSPS) is 5.80. The first-order chi connectivity index (χ1) is 2.00. The Kier molecular flexibility index (Phi) is 78.7. The van der Waals surface area contributed by atoms with Crippen LogP contribution in [0.25, 0.3) is 0 Å². The van der Waals surface area contributed by atoms with Gasteiger partial charge in [0, 0.05) is 16.5 Å². The topological polar surface area (TPSA) is 201 Å². The summed E-state index contributed by atoms with van der Waals surface area (Å²) in [6.45, 7) is 0. The van der Waals surface area contributed by atoms with E-state index in [9.17, 15) is 0 Å². The molecule has 0 bridgehead atoms. The van der Waals surface area contributed by atoms with Crippen LogP contribution in [0.1, 0.15) is 0 Å². The Morgan fingerprint density at radius 2 is 0.800 bits per heavy atom. The molecular weight excluding hydrogens is 219 g/mol. The Hall–Kier alpha value is 0.204. The van der Waals surface area contributed by atoms with Gasteiger partial charge in [-0.1, -0.05) is 0 Å². The fourth-order valence-electron chi connectivity index (χ4n) is 0. The molecule has 0 saturated carbocycles. The minimum absolute atomic E-state index is 0. The molecule has 0 unspecified atom stereocenters. The predicted octanol–water partition coefficient (Wildman–Crippen LogP) is -3.95. The van der Waals surface area contributed by atoms with Gasteiger partial charge in [0.2, 0.25) is 0 Å². The first-order valence-corrected chi connectivity index (χ1v) is 2.10. The van der Waals surface area contributed by atoms with E-state index < -0.39 is 10.4 Å². The zero-order valence-electron chi connectivity index (χ0n) is 4.44. The van der Waals surface area contributed by atoms with Crippen molar-refractivity contribution in [2.75, 3.05) is 0 Å². The van der Waals surface area contributed by atoms with Gasteiger partial charge in [-0.25, -0.2) is 0 Å². The molecule has 0 aromatic carbocycles. The molecule has 0 radical (unpaired) electrons. The molecule has 10 heteroatoms. The fourth-order valence-corrected chi connectivity index (χ4v) is 0. The molecule has 74 valence electrons. The molecular formula is H10NiO8S. The monoisotopic (exact) mass is 228 g/mol. The van der Waals surface area contributed by atoms with Crippen molar-refractivity contribution < 1.29 is 55.9 Å². The predicted molar refractivity (Wildman–Crippen MR) is 28.6 cm³/mol. The average molecular weight is 229 g/mol. The van der Waals surface area contributed by atoms with E-state index in [0.717, 1.165) is 0 Å². The van der Waals surface area contributed by atoms with Crippen LogP contribution in [0.4, 0.5) is 0 Å². The zero-order valence-corrected chi connectivity index (χ0v) is 6.24. The molecule has 0 fully saturated rings. The molecule has 0 aliphatic rings. The van der Waals surface area contributed by atoms with Gasteiger partial charge in [0.1, 0.15) is 0 Å². The van der Waals surface area contributed by atoms with Crippen LogP contribution in [0.3, 0.4) is 0 Å². The van der Waals surface area contributed by atoms with Gasteiger partial charge in [-0.05, 0) is 0 Å². The summed E-state index contributed by atoms with van der Waals surface area (Å²) in [4.78, 5) is 0. The second-order valence-electron chi connectivity index (χ2n) is 0.448. The zero-order chi connectivity index (χ0) is 4.50. The Balaban J connectivity index is -0.00000000800. The first-order valence-electron chi connectivity index (χ1n) is 0.698. The summed E-state index contributed by atoms with van der Waals surface area (Å²) >= 11 is 0. The van der Waals surface area contributed by atoms with Crippen LogP contribution in [0.15, 0.2) is 0 Å². The van der Waals surface area contributed by atoms with Gasteiger partial charge in [-0.2, -0.15) is 8.42 Å². The van der Waals surface area contributed by atoms with Crippen LogP contribution in [-0.2, 0) is 26.9 Å². The Morgan fingerprint density at radius 1 is 0.800 bits per heavy atom. The molecule has 10 heavy (non-hydrogen) atoms. The Bertz CT molecular complexity index is 92.4. The Morgan fingerprint density at radius 3 is 0.800 bits per heavy atom. The fraction of sp³-hybridized carbons (Fsp3) is 0. The second kappa shape index (κ2) is 16.1. The third-order valence-corrected chi connectivity index (χ3v) is 0. The largest absolute Gasteiger partial charge is 0.412 e. The van der Waals surface area contributed by atoms with Crippen molar-refractivity contribution in [3.05, 3.63) is 0 Å². The van der Waals surface area contributed by atoms with E-state index in [2.05, 4.69) is 0 Å². The van der Waals surface area contributed by atoms with Gasteiger partial charge in [-0.15, -0.1) is 0 Å². The summed E-state index contributed by atoms with van der Waals surface area (Å²) in [6, 6.07) is 0. The minimum Gasteiger partial charge on any atom is -0.412 e. The SMILES string of the molecule is O.O.O.O.O=S(=O)(O)O.[Ni]. The molecule has 10 N–H and O–H groups in total. The summed E-state index contributed by atoms with van der Waals surface area (Å²) < 4.78 is 31.6. The standard InChI is InChI=1S/Ni.H2O4S.4H2O/c;1-5(2,3)4;;;;/h;(H2,1,2,3,4);4*1H2. The van der Waals surface area contributed by atoms with Gasteiger partial charge in [0.05, 0.1) is 0 Å². The summed E-state index contributed by atoms with van der Waals surface area (Å²) in [6.07, 6.45) is 0. The van der Waals surface area contributed by atoms with Gasteiger partial charge in [0.25, 0.3) is 0 Å². The molecule has 0 aromatic rings. The molecule has 0 aliphatic carbocycles. The van der Waals surface area contributed by atoms with Crippen LogP contribution >= 0.6 is 0 Å². The summed E-state index contributed by atoms with van der Waals surface area (Å²) in [7, 11) is -4.67. The maximum Gasteiger partial charge on any atom is 0.394 e. The summed E-state index contributed by atoms with van der Waals surface area (Å²) in [5.41, 5.74) is 0. The summed E-state index contributed by atoms with van der Waals surface area (Å²) in [5.74, 6) is 0. The Labute approximate surface area is 67.0 Å². The van der Waals surface area contributed by atoms with Crippen LogP contribution in [0, 0.1) is 0 Å².